The summed E-state index contributed by atoms with van der Waals surface area (Å²) in [6.45, 7) is 0. The minimum absolute atomic E-state index is 0.0699. The average molecular weight is 199 g/mol. The molecule has 0 bridgehead atoms. The summed E-state index contributed by atoms with van der Waals surface area (Å²) in [6.07, 6.45) is 9.37. The number of hydrogen-bond acceptors (Lipinski definition) is 3. The van der Waals surface area contributed by atoms with Crippen molar-refractivity contribution in [1.82, 2.24) is 5.48 Å². The van der Waals surface area contributed by atoms with Crippen LogP contribution in [0.2, 0.25) is 0 Å². The highest BCUT2D eigenvalue weighted by Gasteiger charge is 2.21. The molecule has 0 aromatic heterocycles. The number of rotatable bonds is 3. The molecule has 14 heavy (non-hydrogen) atoms. The third kappa shape index (κ3) is 2.94. The Morgan fingerprint density at radius 2 is 1.57 bits per heavy atom. The Morgan fingerprint density at radius 3 is 2.21 bits per heavy atom. The van der Waals surface area contributed by atoms with Gasteiger partial charge in [-0.1, -0.05) is 12.8 Å². The number of hydroxylamine groups is 1. The minimum Gasteiger partial charge on any atom is -0.393 e. The Bertz CT molecular complexity index is 161. The van der Waals surface area contributed by atoms with E-state index in [4.69, 9.17) is 4.84 Å². The van der Waals surface area contributed by atoms with Crippen LogP contribution in [0.3, 0.4) is 0 Å². The highest BCUT2D eigenvalue weighted by Crippen LogP contribution is 2.22. The molecule has 0 atom stereocenters. The SMILES string of the molecule is OC1CCC(NOC2CCCC2)CC1. The van der Waals surface area contributed by atoms with E-state index in [9.17, 15) is 5.11 Å². The van der Waals surface area contributed by atoms with Gasteiger partial charge in [-0.2, -0.15) is 5.48 Å². The first kappa shape index (κ1) is 10.4. The lowest BCUT2D eigenvalue weighted by Crippen LogP contribution is -2.36. The van der Waals surface area contributed by atoms with Gasteiger partial charge < -0.3 is 5.11 Å². The maximum absolute atomic E-state index is 9.34. The van der Waals surface area contributed by atoms with Gasteiger partial charge in [0, 0.05) is 6.04 Å². The van der Waals surface area contributed by atoms with Crippen molar-refractivity contribution in [3.05, 3.63) is 0 Å². The Hall–Kier alpha value is -0.120. The quantitative estimate of drug-likeness (QED) is 0.680. The lowest BCUT2D eigenvalue weighted by Gasteiger charge is -2.27. The summed E-state index contributed by atoms with van der Waals surface area (Å²) >= 11 is 0. The normalized spacial score (nSPS) is 34.9. The van der Waals surface area contributed by atoms with Gasteiger partial charge in [-0.05, 0) is 38.5 Å². The molecule has 2 saturated carbocycles. The summed E-state index contributed by atoms with van der Waals surface area (Å²) in [6, 6.07) is 0.471. The molecular formula is C11H21NO2. The minimum atomic E-state index is -0.0699. The maximum atomic E-state index is 9.34. The fourth-order valence-electron chi connectivity index (χ4n) is 2.39. The standard InChI is InChI=1S/C11H21NO2/c13-10-7-5-9(6-8-10)12-14-11-3-1-2-4-11/h9-13H,1-8H2. The summed E-state index contributed by atoms with van der Waals surface area (Å²) in [5.74, 6) is 0. The Kier molecular flexibility index (Phi) is 3.79. The van der Waals surface area contributed by atoms with Crippen molar-refractivity contribution in [2.24, 2.45) is 0 Å². The van der Waals surface area contributed by atoms with Gasteiger partial charge in [-0.15, -0.1) is 0 Å². The van der Waals surface area contributed by atoms with Crippen LogP contribution in [0.4, 0.5) is 0 Å². The zero-order valence-corrected chi connectivity index (χ0v) is 8.74. The molecule has 0 saturated heterocycles. The zero-order chi connectivity index (χ0) is 9.80. The lowest BCUT2D eigenvalue weighted by atomic mass is 9.94. The van der Waals surface area contributed by atoms with Crippen molar-refractivity contribution in [2.45, 2.75) is 69.6 Å². The van der Waals surface area contributed by atoms with Gasteiger partial charge in [0.2, 0.25) is 0 Å². The Balaban J connectivity index is 1.60. The molecule has 3 heteroatoms. The predicted octanol–water partition coefficient (Wildman–Crippen LogP) is 1.75. The van der Waals surface area contributed by atoms with Gasteiger partial charge in [-0.3, -0.25) is 4.84 Å². The van der Waals surface area contributed by atoms with Gasteiger partial charge in [0.25, 0.3) is 0 Å². The molecule has 0 spiro atoms. The molecule has 0 unspecified atom stereocenters. The van der Waals surface area contributed by atoms with Crippen LogP contribution in [-0.2, 0) is 4.84 Å². The van der Waals surface area contributed by atoms with Crippen LogP contribution in [0.5, 0.6) is 0 Å². The number of aliphatic hydroxyl groups excluding tert-OH is 1. The van der Waals surface area contributed by atoms with Crippen LogP contribution >= 0.6 is 0 Å². The summed E-state index contributed by atoms with van der Waals surface area (Å²) in [5.41, 5.74) is 3.17. The van der Waals surface area contributed by atoms with Gasteiger partial charge in [0.15, 0.2) is 0 Å². The molecule has 0 heterocycles. The molecule has 2 aliphatic rings. The summed E-state index contributed by atoms with van der Waals surface area (Å²) < 4.78 is 0. The van der Waals surface area contributed by atoms with Crippen molar-refractivity contribution < 1.29 is 9.94 Å². The van der Waals surface area contributed by atoms with Crippen LogP contribution < -0.4 is 5.48 Å². The van der Waals surface area contributed by atoms with Gasteiger partial charge in [-0.25, -0.2) is 0 Å². The molecule has 0 aliphatic heterocycles. The molecule has 82 valence electrons. The fraction of sp³-hybridized carbons (Fsp3) is 1.00. The molecule has 3 nitrogen and oxygen atoms in total. The van der Waals surface area contributed by atoms with Crippen molar-refractivity contribution in [1.29, 1.82) is 0 Å². The van der Waals surface area contributed by atoms with E-state index < -0.39 is 0 Å². The Morgan fingerprint density at radius 1 is 0.929 bits per heavy atom. The second kappa shape index (κ2) is 5.10. The first-order valence-corrected chi connectivity index (χ1v) is 5.94. The van der Waals surface area contributed by atoms with E-state index in [1.54, 1.807) is 0 Å². The van der Waals surface area contributed by atoms with E-state index >= 15 is 0 Å². The monoisotopic (exact) mass is 199 g/mol. The molecule has 0 aromatic carbocycles. The van der Waals surface area contributed by atoms with E-state index in [1.165, 1.54) is 25.7 Å². The smallest absolute Gasteiger partial charge is 0.0790 e. The molecule has 0 radical (unpaired) electrons. The third-order valence-corrected chi connectivity index (χ3v) is 3.40. The molecule has 2 rings (SSSR count). The van der Waals surface area contributed by atoms with E-state index in [-0.39, 0.29) is 6.10 Å². The van der Waals surface area contributed by atoms with Crippen LogP contribution in [0, 0.1) is 0 Å². The van der Waals surface area contributed by atoms with Gasteiger partial charge in [0.05, 0.1) is 12.2 Å². The van der Waals surface area contributed by atoms with Crippen molar-refractivity contribution in [3.63, 3.8) is 0 Å². The van der Waals surface area contributed by atoms with Crippen LogP contribution in [-0.4, -0.2) is 23.4 Å². The second-order valence-electron chi connectivity index (χ2n) is 4.65. The maximum Gasteiger partial charge on any atom is 0.0790 e. The number of hydrogen-bond donors (Lipinski definition) is 2. The van der Waals surface area contributed by atoms with Crippen molar-refractivity contribution >= 4 is 0 Å². The van der Waals surface area contributed by atoms with E-state index in [2.05, 4.69) is 5.48 Å². The highest BCUT2D eigenvalue weighted by atomic mass is 16.7. The van der Waals surface area contributed by atoms with Crippen LogP contribution in [0.15, 0.2) is 0 Å². The summed E-state index contributed by atoms with van der Waals surface area (Å²) in [5, 5.41) is 9.34. The van der Waals surface area contributed by atoms with Crippen LogP contribution in [0.1, 0.15) is 51.4 Å². The number of aliphatic hydroxyl groups is 1. The zero-order valence-electron chi connectivity index (χ0n) is 8.74. The first-order valence-electron chi connectivity index (χ1n) is 5.94. The fourth-order valence-corrected chi connectivity index (χ4v) is 2.39. The lowest BCUT2D eigenvalue weighted by molar-refractivity contribution is -0.0522. The molecule has 2 fully saturated rings. The third-order valence-electron chi connectivity index (χ3n) is 3.40. The molecule has 2 aliphatic carbocycles. The predicted molar refractivity (Wildman–Crippen MR) is 54.7 cm³/mol. The number of nitrogens with one attached hydrogen (secondary N) is 1. The largest absolute Gasteiger partial charge is 0.393 e. The van der Waals surface area contributed by atoms with Gasteiger partial charge in [0.1, 0.15) is 0 Å². The molecule has 2 N–H and O–H groups in total. The van der Waals surface area contributed by atoms with E-state index in [0.29, 0.717) is 12.1 Å². The summed E-state index contributed by atoms with van der Waals surface area (Å²) in [4.78, 5) is 5.65. The molecular weight excluding hydrogens is 178 g/mol. The van der Waals surface area contributed by atoms with Crippen molar-refractivity contribution in [2.75, 3.05) is 0 Å². The van der Waals surface area contributed by atoms with Crippen LogP contribution in [0.25, 0.3) is 0 Å². The Labute approximate surface area is 85.8 Å². The average Bonchev–Trinajstić information content (AvgIpc) is 2.70. The highest BCUT2D eigenvalue weighted by molar-refractivity contribution is 4.74. The molecule has 0 aromatic rings. The molecule has 0 amide bonds. The van der Waals surface area contributed by atoms with E-state index in [1.807, 2.05) is 0 Å². The first-order chi connectivity index (χ1) is 6.84. The van der Waals surface area contributed by atoms with Gasteiger partial charge >= 0.3 is 0 Å². The summed E-state index contributed by atoms with van der Waals surface area (Å²) in [7, 11) is 0. The van der Waals surface area contributed by atoms with E-state index in [0.717, 1.165) is 25.7 Å². The van der Waals surface area contributed by atoms with Crippen molar-refractivity contribution in [3.8, 4) is 0 Å². The second-order valence-corrected chi connectivity index (χ2v) is 4.65. The topological polar surface area (TPSA) is 41.5 Å².